The molecule has 4 aromatic rings. The minimum absolute atomic E-state index is 0.338. The Morgan fingerprint density at radius 1 is 0.964 bits per heavy atom. The first kappa shape index (κ1) is 18.7. The third-order valence-corrected chi connectivity index (χ3v) is 6.20. The Morgan fingerprint density at radius 3 is 2.64 bits per heavy atom. The van der Waals surface area contributed by atoms with E-state index in [-0.39, 0.29) is 6.17 Å². The molecule has 0 aliphatic rings. The maximum absolute atomic E-state index is 6.40. The molecule has 3 N–H and O–H groups in total. The number of rotatable bonds is 7. The highest BCUT2D eigenvalue weighted by molar-refractivity contribution is 8.01. The van der Waals surface area contributed by atoms with Crippen molar-refractivity contribution in [1.82, 2.24) is 10.2 Å². The van der Waals surface area contributed by atoms with Crippen LogP contribution in [0.4, 0.5) is 5.13 Å². The molecule has 0 amide bonds. The Balaban J connectivity index is 1.37. The fourth-order valence-corrected chi connectivity index (χ4v) is 4.55. The predicted octanol–water partition coefficient (Wildman–Crippen LogP) is 5.57. The van der Waals surface area contributed by atoms with Crippen molar-refractivity contribution in [2.75, 3.05) is 11.1 Å². The predicted molar refractivity (Wildman–Crippen MR) is 121 cm³/mol. The molecule has 1 aromatic heterocycles. The highest BCUT2D eigenvalue weighted by Crippen LogP contribution is 2.29. The van der Waals surface area contributed by atoms with E-state index in [1.165, 1.54) is 22.3 Å². The smallest absolute Gasteiger partial charge is 0.207 e. The van der Waals surface area contributed by atoms with Gasteiger partial charge in [-0.2, -0.15) is 0 Å². The fourth-order valence-electron chi connectivity index (χ4n) is 2.93. The van der Waals surface area contributed by atoms with E-state index in [0.717, 1.165) is 26.2 Å². The zero-order chi connectivity index (χ0) is 19.2. The molecule has 0 bridgehead atoms. The molecule has 0 radical (unpaired) electrons. The summed E-state index contributed by atoms with van der Waals surface area (Å²) in [5.74, 6) is 0.846. The van der Waals surface area contributed by atoms with Gasteiger partial charge in [0, 0.05) is 5.75 Å². The van der Waals surface area contributed by atoms with Gasteiger partial charge in [-0.3, -0.25) is 0 Å². The summed E-state index contributed by atoms with van der Waals surface area (Å²) in [6, 6.07) is 24.7. The molecule has 6 heteroatoms. The molecule has 4 rings (SSSR count). The number of nitrogens with two attached hydrogens (primary N) is 1. The molecule has 1 unspecified atom stereocenters. The third-order valence-electron chi connectivity index (χ3n) is 4.26. The number of hydrogen-bond acceptors (Lipinski definition) is 6. The van der Waals surface area contributed by atoms with Crippen LogP contribution in [0.15, 0.2) is 83.2 Å². The molecule has 0 spiro atoms. The van der Waals surface area contributed by atoms with Crippen LogP contribution in [0.25, 0.3) is 16.8 Å². The quantitative estimate of drug-likeness (QED) is 0.312. The Hall–Kier alpha value is -2.67. The standard InChI is InChI=1S/C22H20N4S2/c23-20(19-14-6-12-17-11-4-5-13-18(17)19)24-21-25-26-22(28-21)27-15-7-10-16-8-2-1-3-9-16/h1-14,20H,15,23H2,(H,24,25)/b10-7+. The van der Waals surface area contributed by atoms with E-state index in [1.807, 2.05) is 42.5 Å². The first-order valence-corrected chi connectivity index (χ1v) is 10.8. The van der Waals surface area contributed by atoms with Crippen LogP contribution >= 0.6 is 23.1 Å². The van der Waals surface area contributed by atoms with Gasteiger partial charge >= 0.3 is 0 Å². The number of benzene rings is 3. The van der Waals surface area contributed by atoms with Gasteiger partial charge in [-0.25, -0.2) is 0 Å². The van der Waals surface area contributed by atoms with Gasteiger partial charge in [0.05, 0.1) is 0 Å². The lowest BCUT2D eigenvalue weighted by Crippen LogP contribution is -2.20. The zero-order valence-electron chi connectivity index (χ0n) is 15.2. The number of fused-ring (bicyclic) bond motifs is 1. The molecule has 0 saturated heterocycles. The molecular weight excluding hydrogens is 384 g/mol. The molecule has 1 heterocycles. The van der Waals surface area contributed by atoms with Crippen molar-refractivity contribution in [2.24, 2.45) is 5.73 Å². The summed E-state index contributed by atoms with van der Waals surface area (Å²) >= 11 is 3.19. The van der Waals surface area contributed by atoms with E-state index < -0.39 is 0 Å². The monoisotopic (exact) mass is 404 g/mol. The van der Waals surface area contributed by atoms with Crippen LogP contribution in [0, 0.1) is 0 Å². The second kappa shape index (κ2) is 9.01. The van der Waals surface area contributed by atoms with Crippen LogP contribution in [0.5, 0.6) is 0 Å². The number of nitrogens with zero attached hydrogens (tertiary/aromatic N) is 2. The lowest BCUT2D eigenvalue weighted by molar-refractivity contribution is 0.834. The molecule has 28 heavy (non-hydrogen) atoms. The molecule has 3 aromatic carbocycles. The van der Waals surface area contributed by atoms with Gasteiger partial charge in [0.1, 0.15) is 6.17 Å². The average Bonchev–Trinajstić information content (AvgIpc) is 3.18. The van der Waals surface area contributed by atoms with Gasteiger partial charge < -0.3 is 11.1 Å². The molecular formula is C22H20N4S2. The molecule has 0 fully saturated rings. The Kier molecular flexibility index (Phi) is 6.01. The summed E-state index contributed by atoms with van der Waals surface area (Å²) in [6.07, 6.45) is 3.91. The van der Waals surface area contributed by atoms with Gasteiger partial charge in [0.15, 0.2) is 4.34 Å². The van der Waals surface area contributed by atoms with Gasteiger partial charge in [0.2, 0.25) is 5.13 Å². The van der Waals surface area contributed by atoms with Crippen molar-refractivity contribution in [1.29, 1.82) is 0 Å². The fraction of sp³-hybridized carbons (Fsp3) is 0.0909. The molecule has 140 valence electrons. The maximum atomic E-state index is 6.40. The molecule has 1 atom stereocenters. The van der Waals surface area contributed by atoms with Crippen LogP contribution in [0.3, 0.4) is 0 Å². The maximum Gasteiger partial charge on any atom is 0.207 e. The molecule has 0 aliphatic carbocycles. The topological polar surface area (TPSA) is 63.8 Å². The van der Waals surface area contributed by atoms with Crippen LogP contribution in [-0.4, -0.2) is 16.0 Å². The highest BCUT2D eigenvalue weighted by atomic mass is 32.2. The number of anilines is 1. The number of hydrogen-bond donors (Lipinski definition) is 2. The van der Waals surface area contributed by atoms with Crippen molar-refractivity contribution < 1.29 is 0 Å². The van der Waals surface area contributed by atoms with Crippen LogP contribution in [0.1, 0.15) is 17.3 Å². The molecule has 0 aliphatic heterocycles. The Labute approximate surface area is 172 Å². The van der Waals surface area contributed by atoms with Crippen molar-refractivity contribution in [2.45, 2.75) is 10.5 Å². The molecule has 4 nitrogen and oxygen atoms in total. The first-order chi connectivity index (χ1) is 13.8. The minimum atomic E-state index is -0.338. The largest absolute Gasteiger partial charge is 0.341 e. The summed E-state index contributed by atoms with van der Waals surface area (Å²) in [6.45, 7) is 0. The van der Waals surface area contributed by atoms with E-state index >= 15 is 0 Å². The van der Waals surface area contributed by atoms with Crippen molar-refractivity contribution in [3.05, 3.63) is 90.0 Å². The summed E-state index contributed by atoms with van der Waals surface area (Å²) in [4.78, 5) is 0. The van der Waals surface area contributed by atoms with Crippen LogP contribution < -0.4 is 11.1 Å². The number of thioether (sulfide) groups is 1. The SMILES string of the molecule is NC(Nc1nnc(SC/C=C/c2ccccc2)s1)c1cccc2ccccc12. The van der Waals surface area contributed by atoms with E-state index in [9.17, 15) is 0 Å². The summed E-state index contributed by atoms with van der Waals surface area (Å²) in [5, 5.41) is 14.8. The summed E-state index contributed by atoms with van der Waals surface area (Å²) < 4.78 is 0.922. The summed E-state index contributed by atoms with van der Waals surface area (Å²) in [7, 11) is 0. The first-order valence-electron chi connectivity index (χ1n) is 8.97. The van der Waals surface area contributed by atoms with E-state index in [0.29, 0.717) is 0 Å². The van der Waals surface area contributed by atoms with Crippen LogP contribution in [0.2, 0.25) is 0 Å². The third kappa shape index (κ3) is 4.59. The number of nitrogens with one attached hydrogen (secondary N) is 1. The van der Waals surface area contributed by atoms with Crippen LogP contribution in [-0.2, 0) is 0 Å². The van der Waals surface area contributed by atoms with Gasteiger partial charge in [-0.05, 0) is 21.9 Å². The van der Waals surface area contributed by atoms with E-state index in [1.54, 1.807) is 11.8 Å². The second-order valence-corrected chi connectivity index (χ2v) is 8.43. The number of aromatic nitrogens is 2. The average molecular weight is 405 g/mol. The second-order valence-electron chi connectivity index (χ2n) is 6.19. The minimum Gasteiger partial charge on any atom is -0.341 e. The van der Waals surface area contributed by atoms with E-state index in [4.69, 9.17) is 5.73 Å². The van der Waals surface area contributed by atoms with Crippen molar-refractivity contribution >= 4 is 45.1 Å². The summed E-state index contributed by atoms with van der Waals surface area (Å²) in [5.41, 5.74) is 8.65. The van der Waals surface area contributed by atoms with Crippen molar-refractivity contribution in [3.8, 4) is 0 Å². The Morgan fingerprint density at radius 2 is 1.75 bits per heavy atom. The van der Waals surface area contributed by atoms with E-state index in [2.05, 4.69) is 58.0 Å². The van der Waals surface area contributed by atoms with Gasteiger partial charge in [0.25, 0.3) is 0 Å². The highest BCUT2D eigenvalue weighted by Gasteiger charge is 2.12. The van der Waals surface area contributed by atoms with Gasteiger partial charge in [-0.15, -0.1) is 10.2 Å². The molecule has 0 saturated carbocycles. The van der Waals surface area contributed by atoms with Gasteiger partial charge in [-0.1, -0.05) is 108 Å². The van der Waals surface area contributed by atoms with Crippen molar-refractivity contribution in [3.63, 3.8) is 0 Å². The normalized spacial score (nSPS) is 12.5. The zero-order valence-corrected chi connectivity index (χ0v) is 16.8. The lowest BCUT2D eigenvalue weighted by atomic mass is 10.0. The Bertz CT molecular complexity index is 1070. The lowest BCUT2D eigenvalue weighted by Gasteiger charge is -2.15.